The monoisotopic (exact) mass is 340 g/mol. The molecule has 0 unspecified atom stereocenters. The summed E-state index contributed by atoms with van der Waals surface area (Å²) < 4.78 is 7.92. The fraction of sp³-hybridized carbons (Fsp3) is 0.429. The van der Waals surface area contributed by atoms with Crippen LogP contribution in [0.25, 0.3) is 0 Å². The van der Waals surface area contributed by atoms with Crippen molar-refractivity contribution in [2.45, 2.75) is 32.1 Å². The minimum absolute atomic E-state index is 0.249. The van der Waals surface area contributed by atoms with E-state index in [-0.39, 0.29) is 11.7 Å². The van der Waals surface area contributed by atoms with Crippen molar-refractivity contribution in [1.82, 2.24) is 14.8 Å². The Morgan fingerprint density at radius 2 is 2.04 bits per heavy atom. The molecule has 9 heteroatoms. The van der Waals surface area contributed by atoms with E-state index in [0.29, 0.717) is 12.5 Å². The van der Waals surface area contributed by atoms with Crippen LogP contribution in [0.3, 0.4) is 0 Å². The van der Waals surface area contributed by atoms with E-state index in [4.69, 9.17) is 31.7 Å². The van der Waals surface area contributed by atoms with Crippen molar-refractivity contribution >= 4 is 11.6 Å². The predicted molar refractivity (Wildman–Crippen MR) is 81.6 cm³/mol. The highest BCUT2D eigenvalue weighted by atomic mass is 35.5. The SMILES string of the molecule is C[C@H]1O[C@@](Cn2cncn2)(c2ccc(Cl)cc2)[C@H]1C.O=[N+]([O-])O. The van der Waals surface area contributed by atoms with Crippen molar-refractivity contribution in [2.24, 2.45) is 5.92 Å². The zero-order chi connectivity index (χ0) is 17.0. The number of hydrogen-bond acceptors (Lipinski definition) is 5. The molecule has 1 fully saturated rings. The lowest BCUT2D eigenvalue weighted by Crippen LogP contribution is -2.57. The van der Waals surface area contributed by atoms with E-state index in [9.17, 15) is 0 Å². The van der Waals surface area contributed by atoms with Gasteiger partial charge in [0.2, 0.25) is 0 Å². The van der Waals surface area contributed by atoms with Crippen molar-refractivity contribution < 1.29 is 15.0 Å². The molecule has 124 valence electrons. The summed E-state index contributed by atoms with van der Waals surface area (Å²) in [4.78, 5) is 12.4. The topological polar surface area (TPSA) is 103 Å². The Morgan fingerprint density at radius 3 is 2.48 bits per heavy atom. The van der Waals surface area contributed by atoms with Crippen molar-refractivity contribution in [1.29, 1.82) is 0 Å². The molecule has 8 nitrogen and oxygen atoms in total. The summed E-state index contributed by atoms with van der Waals surface area (Å²) >= 11 is 5.96. The Hall–Kier alpha value is -2.19. The normalized spacial score (nSPS) is 25.9. The number of hydrogen-bond donors (Lipinski definition) is 1. The second-order valence-electron chi connectivity index (χ2n) is 5.34. The summed E-state index contributed by atoms with van der Waals surface area (Å²) in [6.45, 7) is 4.97. The van der Waals surface area contributed by atoms with Crippen LogP contribution in [0.15, 0.2) is 36.9 Å². The van der Waals surface area contributed by atoms with Crippen molar-refractivity contribution in [2.75, 3.05) is 0 Å². The number of benzene rings is 1. The van der Waals surface area contributed by atoms with Crippen LogP contribution >= 0.6 is 11.6 Å². The molecule has 0 aliphatic carbocycles. The number of ether oxygens (including phenoxy) is 1. The molecule has 0 amide bonds. The van der Waals surface area contributed by atoms with Gasteiger partial charge in [0.05, 0.1) is 12.6 Å². The molecule has 1 aromatic heterocycles. The molecule has 2 heterocycles. The molecular formula is C14H17ClN4O4. The number of nitrogens with zero attached hydrogens (tertiary/aromatic N) is 4. The fourth-order valence-electron chi connectivity index (χ4n) is 2.74. The van der Waals surface area contributed by atoms with Gasteiger partial charge in [0.15, 0.2) is 0 Å². The molecule has 2 aromatic rings. The van der Waals surface area contributed by atoms with Crippen LogP contribution in [-0.2, 0) is 16.9 Å². The third-order valence-electron chi connectivity index (χ3n) is 4.03. The second kappa shape index (κ2) is 6.93. The summed E-state index contributed by atoms with van der Waals surface area (Å²) in [5.74, 6) is 0.415. The summed E-state index contributed by atoms with van der Waals surface area (Å²) in [6, 6.07) is 7.86. The average Bonchev–Trinajstić information content (AvgIpc) is 2.99. The molecule has 1 N–H and O–H groups in total. The second-order valence-corrected chi connectivity index (χ2v) is 5.78. The van der Waals surface area contributed by atoms with Crippen LogP contribution in [0, 0.1) is 16.0 Å². The number of halogens is 1. The summed E-state index contributed by atoms with van der Waals surface area (Å²) in [5.41, 5.74) is 0.801. The molecule has 1 aliphatic rings. The summed E-state index contributed by atoms with van der Waals surface area (Å²) in [7, 11) is 0. The highest BCUT2D eigenvalue weighted by Crippen LogP contribution is 2.48. The average molecular weight is 341 g/mol. The maximum absolute atomic E-state index is 8.36. The van der Waals surface area contributed by atoms with Crippen LogP contribution in [-0.4, -0.2) is 31.2 Å². The van der Waals surface area contributed by atoms with Gasteiger partial charge in [0.25, 0.3) is 5.09 Å². The van der Waals surface area contributed by atoms with Crippen LogP contribution in [0.1, 0.15) is 19.4 Å². The third-order valence-corrected chi connectivity index (χ3v) is 4.28. The predicted octanol–water partition coefficient (Wildman–Crippen LogP) is 2.53. The van der Waals surface area contributed by atoms with Crippen LogP contribution < -0.4 is 0 Å². The molecular weight excluding hydrogens is 324 g/mol. The van der Waals surface area contributed by atoms with E-state index in [0.717, 1.165) is 10.6 Å². The van der Waals surface area contributed by atoms with Gasteiger partial charge in [0.1, 0.15) is 18.3 Å². The van der Waals surface area contributed by atoms with Crippen LogP contribution in [0.5, 0.6) is 0 Å². The van der Waals surface area contributed by atoms with Gasteiger partial charge < -0.3 is 9.94 Å². The van der Waals surface area contributed by atoms with Crippen LogP contribution in [0.2, 0.25) is 5.02 Å². The smallest absolute Gasteiger partial charge is 0.291 e. The van der Waals surface area contributed by atoms with Gasteiger partial charge in [-0.3, -0.25) is 0 Å². The van der Waals surface area contributed by atoms with Gasteiger partial charge in [-0.1, -0.05) is 30.7 Å². The lowest BCUT2D eigenvalue weighted by atomic mass is 9.74. The Balaban J connectivity index is 0.000000433. The van der Waals surface area contributed by atoms with E-state index in [2.05, 4.69) is 23.9 Å². The maximum Gasteiger partial charge on any atom is 0.291 e. The minimum atomic E-state index is -1.50. The molecule has 1 saturated heterocycles. The molecule has 0 bridgehead atoms. The lowest BCUT2D eigenvalue weighted by Gasteiger charge is -2.53. The molecule has 3 rings (SSSR count). The first kappa shape index (κ1) is 17.2. The van der Waals surface area contributed by atoms with E-state index in [1.54, 1.807) is 12.7 Å². The van der Waals surface area contributed by atoms with E-state index >= 15 is 0 Å². The first-order valence-corrected chi connectivity index (χ1v) is 7.32. The molecule has 3 atom stereocenters. The van der Waals surface area contributed by atoms with Gasteiger partial charge in [-0.2, -0.15) is 5.10 Å². The standard InChI is InChI=1S/C14H16ClN3O.HNO3/c1-10-11(2)19-14(10,7-18-9-16-8-17-18)12-3-5-13(15)6-4-12;2-1(3)4/h3-6,8-11H,7H2,1-2H3;(H,2,3,4)/t10-,11+,14+;/m0./s1. The molecule has 23 heavy (non-hydrogen) atoms. The highest BCUT2D eigenvalue weighted by molar-refractivity contribution is 6.30. The van der Waals surface area contributed by atoms with Gasteiger partial charge in [-0.25, -0.2) is 9.67 Å². The summed E-state index contributed by atoms with van der Waals surface area (Å²) in [6.07, 6.45) is 3.51. The first-order chi connectivity index (χ1) is 10.8. The first-order valence-electron chi connectivity index (χ1n) is 6.94. The summed E-state index contributed by atoms with van der Waals surface area (Å²) in [5, 5.41) is 18.6. The number of rotatable bonds is 3. The maximum atomic E-state index is 8.36. The molecule has 1 aromatic carbocycles. The molecule has 0 radical (unpaired) electrons. The Bertz CT molecular complexity index is 645. The Morgan fingerprint density at radius 1 is 1.43 bits per heavy atom. The largest absolute Gasteiger partial charge is 0.365 e. The zero-order valence-electron chi connectivity index (χ0n) is 12.7. The number of aromatic nitrogens is 3. The van der Waals surface area contributed by atoms with E-state index in [1.807, 2.05) is 28.9 Å². The highest BCUT2D eigenvalue weighted by Gasteiger charge is 2.52. The van der Waals surface area contributed by atoms with Gasteiger partial charge in [-0.15, -0.1) is 10.1 Å². The van der Waals surface area contributed by atoms with E-state index < -0.39 is 5.09 Å². The third kappa shape index (κ3) is 3.77. The van der Waals surface area contributed by atoms with Gasteiger partial charge in [0, 0.05) is 10.9 Å². The zero-order valence-corrected chi connectivity index (χ0v) is 13.4. The van der Waals surface area contributed by atoms with Crippen molar-refractivity contribution in [3.63, 3.8) is 0 Å². The van der Waals surface area contributed by atoms with Crippen LogP contribution in [0.4, 0.5) is 0 Å². The van der Waals surface area contributed by atoms with Crippen molar-refractivity contribution in [3.8, 4) is 0 Å². The Labute approximate surface area is 137 Å². The van der Waals surface area contributed by atoms with Crippen molar-refractivity contribution in [3.05, 3.63) is 57.6 Å². The molecule has 0 spiro atoms. The molecule has 1 aliphatic heterocycles. The quantitative estimate of drug-likeness (QED) is 0.680. The fourth-order valence-corrected chi connectivity index (χ4v) is 2.86. The van der Waals surface area contributed by atoms with E-state index in [1.165, 1.54) is 0 Å². The van der Waals surface area contributed by atoms with Gasteiger partial charge in [-0.05, 0) is 24.6 Å². The Kier molecular flexibility index (Phi) is 5.17. The lowest BCUT2D eigenvalue weighted by molar-refractivity contribution is -0.742. The minimum Gasteiger partial charge on any atom is -0.365 e. The van der Waals surface area contributed by atoms with Gasteiger partial charge >= 0.3 is 0 Å². The molecule has 0 saturated carbocycles.